The maximum absolute atomic E-state index is 13.2. The summed E-state index contributed by atoms with van der Waals surface area (Å²) in [6.45, 7) is -1.22. The Morgan fingerprint density at radius 3 is 2.54 bits per heavy atom. The van der Waals surface area contributed by atoms with Gasteiger partial charge in [-0.1, -0.05) is 12.1 Å². The Balaban J connectivity index is 2.05. The number of hydrogen-bond donors (Lipinski definition) is 2. The molecular weight excluding hydrogens is 341 g/mol. The first-order chi connectivity index (χ1) is 11.3. The lowest BCUT2D eigenvalue weighted by Crippen LogP contribution is -2.42. The zero-order valence-electron chi connectivity index (χ0n) is 12.7. The number of nitrogens with one attached hydrogen (secondary N) is 1. The number of aliphatic hydroxyl groups excluding tert-OH is 1. The van der Waals surface area contributed by atoms with Crippen LogP contribution in [0.2, 0.25) is 0 Å². The van der Waals surface area contributed by atoms with Crippen LogP contribution in [0.3, 0.4) is 0 Å². The second-order valence-corrected chi connectivity index (χ2v) is 7.14. The van der Waals surface area contributed by atoms with Crippen molar-refractivity contribution in [1.29, 1.82) is 0 Å². The van der Waals surface area contributed by atoms with Gasteiger partial charge in [-0.05, 0) is 28.1 Å². The lowest BCUT2D eigenvalue weighted by Gasteiger charge is -2.22. The number of sulfone groups is 1. The van der Waals surface area contributed by atoms with E-state index in [9.17, 15) is 22.7 Å². The Labute approximate surface area is 137 Å². The minimum absolute atomic E-state index is 0.0815. The molecule has 0 aliphatic heterocycles. The van der Waals surface area contributed by atoms with Crippen LogP contribution in [-0.4, -0.2) is 58.6 Å². The molecule has 1 aromatic carbocycles. The van der Waals surface area contributed by atoms with E-state index < -0.39 is 34.6 Å². The highest BCUT2D eigenvalue weighted by Gasteiger charge is 2.23. The maximum Gasteiger partial charge on any atom is 0.242 e. The van der Waals surface area contributed by atoms with Crippen LogP contribution in [0, 0.1) is 0 Å². The van der Waals surface area contributed by atoms with Gasteiger partial charge >= 0.3 is 0 Å². The van der Waals surface area contributed by atoms with E-state index in [1.54, 1.807) is 0 Å². The van der Waals surface area contributed by atoms with Crippen molar-refractivity contribution in [3.63, 3.8) is 0 Å². The number of rotatable bonds is 7. The molecular formula is C13H16FN5O4S. The van der Waals surface area contributed by atoms with Crippen molar-refractivity contribution in [3.8, 4) is 0 Å². The molecule has 2 aromatic rings. The number of halogens is 1. The molecule has 2 atom stereocenters. The molecule has 0 spiro atoms. The van der Waals surface area contributed by atoms with Crippen molar-refractivity contribution in [2.75, 3.05) is 12.9 Å². The van der Waals surface area contributed by atoms with Gasteiger partial charge in [-0.25, -0.2) is 17.5 Å². The third-order valence-corrected chi connectivity index (χ3v) is 4.37. The molecule has 2 rings (SSSR count). The molecule has 1 aromatic heterocycles. The lowest BCUT2D eigenvalue weighted by atomic mass is 10.0. The number of aliphatic hydroxyl groups is 1. The number of carbonyl (C=O) groups excluding carboxylic acids is 1. The Morgan fingerprint density at radius 1 is 1.38 bits per heavy atom. The van der Waals surface area contributed by atoms with Gasteiger partial charge in [0.05, 0.1) is 10.9 Å². The fraction of sp³-hybridized carbons (Fsp3) is 0.385. The molecule has 1 amide bonds. The number of aromatic nitrogens is 4. The number of tetrazole rings is 1. The molecule has 0 bridgehead atoms. The number of nitrogens with zero attached hydrogens (tertiary/aromatic N) is 4. The summed E-state index contributed by atoms with van der Waals surface area (Å²) < 4.78 is 37.1. The molecule has 0 saturated heterocycles. The van der Waals surface area contributed by atoms with Gasteiger partial charge in [0.1, 0.15) is 25.7 Å². The van der Waals surface area contributed by atoms with E-state index in [2.05, 4.69) is 20.8 Å². The van der Waals surface area contributed by atoms with Gasteiger partial charge in [-0.15, -0.1) is 5.10 Å². The fourth-order valence-electron chi connectivity index (χ4n) is 2.00. The van der Waals surface area contributed by atoms with Crippen molar-refractivity contribution in [2.45, 2.75) is 23.6 Å². The fourth-order valence-corrected chi connectivity index (χ4v) is 2.63. The SMILES string of the molecule is CS(=O)(=O)c1ccc([C@@H](O)[C@@H](CF)NC(=O)Cn2cnnn2)cc1. The van der Waals surface area contributed by atoms with Gasteiger partial charge < -0.3 is 10.4 Å². The first-order valence-electron chi connectivity index (χ1n) is 6.85. The average molecular weight is 357 g/mol. The van der Waals surface area contributed by atoms with E-state index in [1.165, 1.54) is 30.6 Å². The number of amides is 1. The number of benzene rings is 1. The molecule has 0 fully saturated rings. The van der Waals surface area contributed by atoms with Gasteiger partial charge in [0, 0.05) is 6.26 Å². The molecule has 2 N–H and O–H groups in total. The molecule has 24 heavy (non-hydrogen) atoms. The summed E-state index contributed by atoms with van der Waals surface area (Å²) in [5, 5.41) is 22.8. The Hall–Kier alpha value is -2.40. The zero-order chi connectivity index (χ0) is 17.7. The minimum atomic E-state index is -3.37. The molecule has 0 unspecified atom stereocenters. The predicted octanol–water partition coefficient (Wildman–Crippen LogP) is -0.735. The molecule has 0 aliphatic carbocycles. The van der Waals surface area contributed by atoms with Gasteiger partial charge in [0.25, 0.3) is 0 Å². The smallest absolute Gasteiger partial charge is 0.242 e. The highest BCUT2D eigenvalue weighted by molar-refractivity contribution is 7.90. The topological polar surface area (TPSA) is 127 Å². The second-order valence-electron chi connectivity index (χ2n) is 5.12. The van der Waals surface area contributed by atoms with E-state index in [4.69, 9.17) is 0 Å². The van der Waals surface area contributed by atoms with Crippen LogP contribution in [-0.2, 0) is 21.2 Å². The number of hydrogen-bond acceptors (Lipinski definition) is 7. The van der Waals surface area contributed by atoms with E-state index in [0.717, 1.165) is 10.9 Å². The predicted molar refractivity (Wildman–Crippen MR) is 80.2 cm³/mol. The Bertz CT molecular complexity index is 779. The van der Waals surface area contributed by atoms with Gasteiger partial charge in [-0.2, -0.15) is 0 Å². The van der Waals surface area contributed by atoms with Crippen molar-refractivity contribution < 1.29 is 22.7 Å². The van der Waals surface area contributed by atoms with E-state index >= 15 is 0 Å². The van der Waals surface area contributed by atoms with E-state index in [0.29, 0.717) is 0 Å². The molecule has 0 saturated carbocycles. The summed E-state index contributed by atoms with van der Waals surface area (Å²) in [7, 11) is -3.37. The molecule has 11 heteroatoms. The van der Waals surface area contributed by atoms with Crippen molar-refractivity contribution in [2.24, 2.45) is 0 Å². The third-order valence-electron chi connectivity index (χ3n) is 3.24. The van der Waals surface area contributed by atoms with Crippen molar-refractivity contribution in [3.05, 3.63) is 36.2 Å². The van der Waals surface area contributed by atoms with Crippen LogP contribution < -0.4 is 5.32 Å². The van der Waals surface area contributed by atoms with Crippen LogP contribution in [0.25, 0.3) is 0 Å². The van der Waals surface area contributed by atoms with Crippen LogP contribution in [0.4, 0.5) is 4.39 Å². The summed E-state index contributed by atoms with van der Waals surface area (Å²) in [5.74, 6) is -0.572. The average Bonchev–Trinajstić information content (AvgIpc) is 3.04. The summed E-state index contributed by atoms with van der Waals surface area (Å²) >= 11 is 0. The van der Waals surface area contributed by atoms with Crippen LogP contribution in [0.5, 0.6) is 0 Å². The molecule has 9 nitrogen and oxygen atoms in total. The number of alkyl halides is 1. The molecule has 130 valence electrons. The monoisotopic (exact) mass is 357 g/mol. The standard InChI is InChI=1S/C13H16FN5O4S/c1-24(22,23)10-4-2-9(3-5-10)13(21)11(6-14)16-12(20)7-19-8-15-17-18-19/h2-5,8,11,13,21H,6-7H2,1H3,(H,16,20)/t11-,13-/m1/s1. The largest absolute Gasteiger partial charge is 0.386 e. The number of carbonyl (C=O) groups is 1. The summed E-state index contributed by atoms with van der Waals surface area (Å²) in [4.78, 5) is 11.9. The van der Waals surface area contributed by atoms with Crippen molar-refractivity contribution in [1.82, 2.24) is 25.5 Å². The lowest BCUT2D eigenvalue weighted by molar-refractivity contribution is -0.123. The molecule has 1 heterocycles. The van der Waals surface area contributed by atoms with Gasteiger partial charge in [0.15, 0.2) is 9.84 Å². The highest BCUT2D eigenvalue weighted by atomic mass is 32.2. The van der Waals surface area contributed by atoms with Crippen LogP contribution in [0.15, 0.2) is 35.5 Å². The van der Waals surface area contributed by atoms with Crippen LogP contribution in [0.1, 0.15) is 11.7 Å². The van der Waals surface area contributed by atoms with Gasteiger partial charge in [-0.3, -0.25) is 4.79 Å². The van der Waals surface area contributed by atoms with E-state index in [1.807, 2.05) is 0 Å². The minimum Gasteiger partial charge on any atom is -0.386 e. The Morgan fingerprint density at radius 2 is 2.04 bits per heavy atom. The van der Waals surface area contributed by atoms with Gasteiger partial charge in [0.2, 0.25) is 5.91 Å². The summed E-state index contributed by atoms with van der Waals surface area (Å²) in [6, 6.07) is 4.19. The third kappa shape index (κ3) is 4.55. The zero-order valence-corrected chi connectivity index (χ0v) is 13.5. The first-order valence-corrected chi connectivity index (χ1v) is 8.74. The molecule has 0 aliphatic rings. The van der Waals surface area contributed by atoms with E-state index in [-0.39, 0.29) is 17.0 Å². The Kier molecular flexibility index (Phi) is 5.57. The summed E-state index contributed by atoms with van der Waals surface area (Å²) in [5.41, 5.74) is 0.285. The first kappa shape index (κ1) is 17.9. The van der Waals surface area contributed by atoms with Crippen LogP contribution >= 0.6 is 0 Å². The maximum atomic E-state index is 13.2. The second kappa shape index (κ2) is 7.45. The highest BCUT2D eigenvalue weighted by Crippen LogP contribution is 2.20. The van der Waals surface area contributed by atoms with Crippen molar-refractivity contribution >= 4 is 15.7 Å². The quantitative estimate of drug-likeness (QED) is 0.668. The normalized spacial score (nSPS) is 14.1. The molecule has 0 radical (unpaired) electrons. The summed E-state index contributed by atoms with van der Waals surface area (Å²) in [6.07, 6.45) is 0.952.